The van der Waals surface area contributed by atoms with Gasteiger partial charge in [0, 0.05) is 18.7 Å². The number of hydrogen-bond donors (Lipinski definition) is 1. The maximum absolute atomic E-state index is 12.8. The van der Waals surface area contributed by atoms with Crippen molar-refractivity contribution in [2.75, 3.05) is 6.61 Å². The van der Waals surface area contributed by atoms with E-state index in [2.05, 4.69) is 24.1 Å². The minimum absolute atomic E-state index is 0.0921. The second-order valence-electron chi connectivity index (χ2n) is 4.34. The smallest absolute Gasteiger partial charge is 0.141 e. The second kappa shape index (κ2) is 4.89. The van der Waals surface area contributed by atoms with E-state index in [4.69, 9.17) is 4.74 Å². The van der Waals surface area contributed by atoms with Gasteiger partial charge >= 0.3 is 0 Å². The van der Waals surface area contributed by atoms with Crippen molar-refractivity contribution in [2.45, 2.75) is 38.5 Å². The van der Waals surface area contributed by atoms with E-state index in [1.54, 1.807) is 6.07 Å². The Morgan fingerprint density at radius 3 is 2.94 bits per heavy atom. The zero-order valence-corrected chi connectivity index (χ0v) is 9.61. The topological polar surface area (TPSA) is 34.1 Å². The molecule has 1 saturated heterocycles. The van der Waals surface area contributed by atoms with Gasteiger partial charge in [0.1, 0.15) is 11.9 Å². The van der Waals surface area contributed by atoms with Crippen LogP contribution in [0.3, 0.4) is 0 Å². The van der Waals surface area contributed by atoms with Crippen LogP contribution in [0, 0.1) is 5.82 Å². The summed E-state index contributed by atoms with van der Waals surface area (Å²) in [6, 6.07) is 3.75. The number of aromatic nitrogens is 1. The molecule has 2 rings (SSSR count). The van der Waals surface area contributed by atoms with Crippen molar-refractivity contribution in [1.29, 1.82) is 0 Å². The highest BCUT2D eigenvalue weighted by Crippen LogP contribution is 2.22. The van der Waals surface area contributed by atoms with Gasteiger partial charge in [0.05, 0.1) is 11.9 Å². The molecule has 4 heteroatoms. The maximum atomic E-state index is 12.8. The summed E-state index contributed by atoms with van der Waals surface area (Å²) in [5.74, 6) is -0.314. The Morgan fingerprint density at radius 1 is 1.44 bits per heavy atom. The molecule has 16 heavy (non-hydrogen) atoms. The predicted molar refractivity (Wildman–Crippen MR) is 59.6 cm³/mol. The van der Waals surface area contributed by atoms with Crippen molar-refractivity contribution in [3.8, 4) is 0 Å². The third-order valence-electron chi connectivity index (χ3n) is 2.89. The minimum Gasteiger partial charge on any atom is -0.370 e. The highest BCUT2D eigenvalue weighted by Gasteiger charge is 2.25. The lowest BCUT2D eigenvalue weighted by molar-refractivity contribution is 0.0431. The summed E-state index contributed by atoms with van der Waals surface area (Å²) in [6.07, 6.45) is 2.13. The van der Waals surface area contributed by atoms with Gasteiger partial charge in [-0.2, -0.15) is 0 Å². The van der Waals surface area contributed by atoms with Gasteiger partial charge < -0.3 is 10.1 Å². The third kappa shape index (κ3) is 2.57. The summed E-state index contributed by atoms with van der Waals surface area (Å²) in [5, 5.41) is 3.45. The first kappa shape index (κ1) is 11.5. The van der Waals surface area contributed by atoms with Gasteiger partial charge in [-0.3, -0.25) is 4.98 Å². The van der Waals surface area contributed by atoms with E-state index >= 15 is 0 Å². The van der Waals surface area contributed by atoms with Crippen molar-refractivity contribution in [3.63, 3.8) is 0 Å². The number of ether oxygens (including phenoxy) is 1. The fourth-order valence-electron chi connectivity index (χ4n) is 2.03. The number of hydrogen-bond acceptors (Lipinski definition) is 3. The Bertz CT molecular complexity index is 341. The normalized spacial score (nSPS) is 31.1. The summed E-state index contributed by atoms with van der Waals surface area (Å²) in [6.45, 7) is 4.92. The lowest BCUT2D eigenvalue weighted by Crippen LogP contribution is -2.36. The molecule has 0 amide bonds. The second-order valence-corrected chi connectivity index (χ2v) is 4.34. The molecule has 1 N–H and O–H groups in total. The zero-order valence-electron chi connectivity index (χ0n) is 9.61. The Morgan fingerprint density at radius 2 is 2.25 bits per heavy atom. The average molecular weight is 224 g/mol. The third-order valence-corrected chi connectivity index (χ3v) is 2.89. The van der Waals surface area contributed by atoms with E-state index in [0.717, 1.165) is 12.1 Å². The van der Waals surface area contributed by atoms with Crippen molar-refractivity contribution in [1.82, 2.24) is 10.3 Å². The molecular formula is C12H17FN2O. The number of nitrogens with one attached hydrogen (secondary N) is 1. The standard InChI is InChI=1S/C12H17FN2O/c1-8-5-6-16-12(9(2)15-8)11-4-3-10(13)7-14-11/h3-4,7-9,12,15H,5-6H2,1-2H3. The molecule has 3 unspecified atom stereocenters. The maximum Gasteiger partial charge on any atom is 0.141 e. The molecule has 1 aliphatic rings. The van der Waals surface area contributed by atoms with Crippen LogP contribution in [0.5, 0.6) is 0 Å². The van der Waals surface area contributed by atoms with Crippen molar-refractivity contribution >= 4 is 0 Å². The highest BCUT2D eigenvalue weighted by molar-refractivity contribution is 5.10. The number of rotatable bonds is 1. The van der Waals surface area contributed by atoms with Gasteiger partial charge in [-0.1, -0.05) is 0 Å². The largest absolute Gasteiger partial charge is 0.370 e. The number of nitrogens with zero attached hydrogens (tertiary/aromatic N) is 1. The fraction of sp³-hybridized carbons (Fsp3) is 0.583. The first-order chi connectivity index (χ1) is 7.66. The van der Waals surface area contributed by atoms with Crippen LogP contribution in [-0.4, -0.2) is 23.7 Å². The molecule has 0 saturated carbocycles. The average Bonchev–Trinajstić information content (AvgIpc) is 2.41. The molecule has 2 heterocycles. The summed E-state index contributed by atoms with van der Waals surface area (Å²) < 4.78 is 18.5. The molecular weight excluding hydrogens is 207 g/mol. The van der Waals surface area contributed by atoms with E-state index in [0.29, 0.717) is 12.6 Å². The molecule has 3 atom stereocenters. The quantitative estimate of drug-likeness (QED) is 0.792. The molecule has 0 aliphatic carbocycles. The van der Waals surface area contributed by atoms with Crippen LogP contribution in [0.1, 0.15) is 32.1 Å². The Labute approximate surface area is 95.0 Å². The highest BCUT2D eigenvalue weighted by atomic mass is 19.1. The zero-order chi connectivity index (χ0) is 11.5. The lowest BCUT2D eigenvalue weighted by atomic mass is 10.1. The Balaban J connectivity index is 2.15. The van der Waals surface area contributed by atoms with Crippen molar-refractivity contribution in [3.05, 3.63) is 29.8 Å². The molecule has 0 aromatic carbocycles. The summed E-state index contributed by atoms with van der Waals surface area (Å²) in [7, 11) is 0. The van der Waals surface area contributed by atoms with Crippen LogP contribution in [0.25, 0.3) is 0 Å². The summed E-state index contributed by atoms with van der Waals surface area (Å²) >= 11 is 0. The molecule has 88 valence electrons. The van der Waals surface area contributed by atoms with E-state index in [-0.39, 0.29) is 18.0 Å². The molecule has 1 aromatic rings. The number of pyridine rings is 1. The van der Waals surface area contributed by atoms with E-state index in [1.165, 1.54) is 12.3 Å². The van der Waals surface area contributed by atoms with Gasteiger partial charge in [0.25, 0.3) is 0 Å². The predicted octanol–water partition coefficient (Wildman–Crippen LogP) is 2.05. The van der Waals surface area contributed by atoms with Crippen molar-refractivity contribution < 1.29 is 9.13 Å². The molecule has 3 nitrogen and oxygen atoms in total. The monoisotopic (exact) mass is 224 g/mol. The first-order valence-corrected chi connectivity index (χ1v) is 5.66. The van der Waals surface area contributed by atoms with Crippen molar-refractivity contribution in [2.24, 2.45) is 0 Å². The van der Waals surface area contributed by atoms with E-state index in [1.807, 2.05) is 0 Å². The van der Waals surface area contributed by atoms with Crippen LogP contribution in [0.15, 0.2) is 18.3 Å². The summed E-state index contributed by atoms with van der Waals surface area (Å²) in [5.41, 5.74) is 0.788. The van der Waals surface area contributed by atoms with Crippen LogP contribution >= 0.6 is 0 Å². The van der Waals surface area contributed by atoms with Gasteiger partial charge in [-0.25, -0.2) is 4.39 Å². The van der Waals surface area contributed by atoms with Crippen LogP contribution in [0.2, 0.25) is 0 Å². The van der Waals surface area contributed by atoms with Crippen LogP contribution < -0.4 is 5.32 Å². The van der Waals surface area contributed by atoms with Gasteiger partial charge in [0.15, 0.2) is 0 Å². The molecule has 1 aromatic heterocycles. The van der Waals surface area contributed by atoms with Crippen LogP contribution in [0.4, 0.5) is 4.39 Å². The molecule has 0 radical (unpaired) electrons. The van der Waals surface area contributed by atoms with E-state index in [9.17, 15) is 4.39 Å². The molecule has 0 bridgehead atoms. The lowest BCUT2D eigenvalue weighted by Gasteiger charge is -2.22. The SMILES string of the molecule is CC1CCOC(c2ccc(F)cn2)C(C)N1. The molecule has 1 fully saturated rings. The van der Waals surface area contributed by atoms with Gasteiger partial charge in [-0.15, -0.1) is 0 Å². The molecule has 0 spiro atoms. The fourth-order valence-corrected chi connectivity index (χ4v) is 2.03. The molecule has 1 aliphatic heterocycles. The minimum atomic E-state index is -0.314. The van der Waals surface area contributed by atoms with Gasteiger partial charge in [-0.05, 0) is 32.4 Å². The first-order valence-electron chi connectivity index (χ1n) is 5.66. The summed E-state index contributed by atoms with van der Waals surface area (Å²) in [4.78, 5) is 4.08. The van der Waals surface area contributed by atoms with E-state index < -0.39 is 0 Å². The number of halogens is 1. The van der Waals surface area contributed by atoms with Gasteiger partial charge in [0.2, 0.25) is 0 Å². The Hall–Kier alpha value is -1.00. The van der Waals surface area contributed by atoms with Crippen LogP contribution in [-0.2, 0) is 4.74 Å². The Kier molecular flexibility index (Phi) is 3.51.